The highest BCUT2D eigenvalue weighted by molar-refractivity contribution is 6.07. The van der Waals surface area contributed by atoms with Gasteiger partial charge in [-0.3, -0.25) is 24.1 Å². The molecule has 2 unspecified atom stereocenters. The van der Waals surface area contributed by atoms with Crippen molar-refractivity contribution in [3.63, 3.8) is 0 Å². The van der Waals surface area contributed by atoms with Crippen molar-refractivity contribution in [2.75, 3.05) is 13.2 Å². The second-order valence-corrected chi connectivity index (χ2v) is 8.67. The van der Waals surface area contributed by atoms with E-state index in [0.717, 1.165) is 23.3 Å². The average Bonchev–Trinajstić information content (AvgIpc) is 2.91. The van der Waals surface area contributed by atoms with Gasteiger partial charge in [0, 0.05) is 5.56 Å². The molecule has 28 heavy (non-hydrogen) atoms. The van der Waals surface area contributed by atoms with Crippen LogP contribution >= 0.6 is 0 Å². The maximum absolute atomic E-state index is 12.4. The van der Waals surface area contributed by atoms with Gasteiger partial charge in [0.15, 0.2) is 12.4 Å². The maximum atomic E-state index is 12.4. The molecule has 1 saturated carbocycles. The number of ketones is 1. The molecule has 2 atom stereocenters. The Balaban J connectivity index is 1.53. The second-order valence-electron chi connectivity index (χ2n) is 8.67. The van der Waals surface area contributed by atoms with Gasteiger partial charge in [0.25, 0.3) is 0 Å². The lowest BCUT2D eigenvalue weighted by molar-refractivity contribution is -0.152. The zero-order valence-corrected chi connectivity index (χ0v) is 16.7. The molecule has 6 heteroatoms. The third kappa shape index (κ3) is 4.16. The van der Waals surface area contributed by atoms with E-state index in [-0.39, 0.29) is 34.8 Å². The van der Waals surface area contributed by atoms with E-state index in [0.29, 0.717) is 18.4 Å². The van der Waals surface area contributed by atoms with Gasteiger partial charge in [0.05, 0.1) is 11.8 Å². The molecule has 1 saturated heterocycles. The number of imide groups is 1. The smallest absolute Gasteiger partial charge is 0.326 e. The number of fused-ring (bicyclic) bond motifs is 1. The zero-order chi connectivity index (χ0) is 20.5. The molecule has 1 aliphatic carbocycles. The maximum Gasteiger partial charge on any atom is 0.326 e. The third-order valence-electron chi connectivity index (χ3n) is 5.66. The molecule has 0 aromatic heterocycles. The highest BCUT2D eigenvalue weighted by Gasteiger charge is 2.48. The molecule has 0 N–H and O–H groups in total. The minimum absolute atomic E-state index is 0.0139. The van der Waals surface area contributed by atoms with E-state index in [9.17, 15) is 19.2 Å². The van der Waals surface area contributed by atoms with Gasteiger partial charge in [-0.1, -0.05) is 57.9 Å². The first-order valence-corrected chi connectivity index (χ1v) is 9.83. The summed E-state index contributed by atoms with van der Waals surface area (Å²) in [5.41, 5.74) is 1.55. The number of esters is 1. The van der Waals surface area contributed by atoms with Crippen LogP contribution in [0.4, 0.5) is 0 Å². The van der Waals surface area contributed by atoms with Crippen LogP contribution < -0.4 is 0 Å². The Bertz CT molecular complexity index is 766. The summed E-state index contributed by atoms with van der Waals surface area (Å²) in [6.45, 7) is 5.44. The zero-order valence-electron chi connectivity index (χ0n) is 16.7. The number of carbonyl (C=O) groups is 4. The van der Waals surface area contributed by atoms with Crippen molar-refractivity contribution in [3.8, 4) is 0 Å². The lowest BCUT2D eigenvalue weighted by Gasteiger charge is -2.19. The molecule has 0 spiro atoms. The number of carbonyl (C=O) groups excluding carboxylic acids is 4. The van der Waals surface area contributed by atoms with Gasteiger partial charge in [-0.25, -0.2) is 0 Å². The first-order valence-electron chi connectivity index (χ1n) is 9.83. The number of nitrogens with zero attached hydrogens (tertiary/aromatic N) is 1. The Hall–Kier alpha value is -2.50. The van der Waals surface area contributed by atoms with Crippen molar-refractivity contribution in [3.05, 3.63) is 35.4 Å². The summed E-state index contributed by atoms with van der Waals surface area (Å²) in [6.07, 6.45) is 3.26. The monoisotopic (exact) mass is 385 g/mol. The minimum Gasteiger partial charge on any atom is -0.456 e. The van der Waals surface area contributed by atoms with Gasteiger partial charge in [-0.05, 0) is 23.8 Å². The van der Waals surface area contributed by atoms with E-state index in [2.05, 4.69) is 20.8 Å². The summed E-state index contributed by atoms with van der Waals surface area (Å²) in [5, 5.41) is 0. The Labute approximate surface area is 165 Å². The second kappa shape index (κ2) is 7.86. The topological polar surface area (TPSA) is 80.8 Å². The number of Topliss-reactive ketones (excluding diaryl/α,β-unsaturated/α-hetero) is 1. The first-order chi connectivity index (χ1) is 13.2. The van der Waals surface area contributed by atoms with Crippen molar-refractivity contribution in [2.24, 2.45) is 11.8 Å². The number of amides is 2. The molecule has 0 bridgehead atoms. The van der Waals surface area contributed by atoms with E-state index in [4.69, 9.17) is 4.74 Å². The van der Waals surface area contributed by atoms with E-state index in [1.807, 2.05) is 12.1 Å². The van der Waals surface area contributed by atoms with Gasteiger partial charge >= 0.3 is 5.97 Å². The molecule has 150 valence electrons. The molecule has 0 radical (unpaired) electrons. The number of ether oxygens (including phenoxy) is 1. The number of hydrogen-bond acceptors (Lipinski definition) is 5. The summed E-state index contributed by atoms with van der Waals surface area (Å²) in [5.74, 6) is -2.21. The van der Waals surface area contributed by atoms with Crippen LogP contribution in [-0.4, -0.2) is 41.6 Å². The van der Waals surface area contributed by atoms with Crippen LogP contribution in [0.15, 0.2) is 24.3 Å². The summed E-state index contributed by atoms with van der Waals surface area (Å²) in [4.78, 5) is 50.1. The largest absolute Gasteiger partial charge is 0.456 e. The van der Waals surface area contributed by atoms with Gasteiger partial charge in [-0.15, -0.1) is 0 Å². The molecule has 2 amide bonds. The summed E-state index contributed by atoms with van der Waals surface area (Å²) >= 11 is 0. The summed E-state index contributed by atoms with van der Waals surface area (Å²) < 4.78 is 5.03. The van der Waals surface area contributed by atoms with Crippen molar-refractivity contribution in [2.45, 2.75) is 51.9 Å². The predicted molar refractivity (Wildman–Crippen MR) is 103 cm³/mol. The number of likely N-dealkylation sites (tertiary alicyclic amines) is 1. The molecule has 1 heterocycles. The van der Waals surface area contributed by atoms with Crippen LogP contribution in [0.2, 0.25) is 0 Å². The van der Waals surface area contributed by atoms with E-state index in [1.54, 1.807) is 12.1 Å². The van der Waals surface area contributed by atoms with E-state index in [1.165, 1.54) is 0 Å². The SMILES string of the molecule is CC(C)(C)c1ccc(C(=O)COC(=O)CN2C(=O)C3CCCCC3C2=O)cc1. The van der Waals surface area contributed by atoms with Gasteiger partial charge in [0.2, 0.25) is 11.8 Å². The fourth-order valence-corrected chi connectivity index (χ4v) is 3.95. The highest BCUT2D eigenvalue weighted by atomic mass is 16.5. The van der Waals surface area contributed by atoms with Crippen LogP contribution in [0, 0.1) is 11.8 Å². The lowest BCUT2D eigenvalue weighted by Crippen LogP contribution is -2.37. The van der Waals surface area contributed by atoms with Crippen LogP contribution in [-0.2, 0) is 24.5 Å². The van der Waals surface area contributed by atoms with Crippen LogP contribution in [0.25, 0.3) is 0 Å². The normalized spacial score (nSPS) is 22.2. The lowest BCUT2D eigenvalue weighted by atomic mass is 9.81. The average molecular weight is 385 g/mol. The number of benzene rings is 1. The molecule has 1 aromatic rings. The minimum atomic E-state index is -0.736. The predicted octanol–water partition coefficient (Wildman–Crippen LogP) is 2.89. The van der Waals surface area contributed by atoms with Gasteiger partial charge < -0.3 is 4.74 Å². The quantitative estimate of drug-likeness (QED) is 0.442. The fourth-order valence-electron chi connectivity index (χ4n) is 3.95. The van der Waals surface area contributed by atoms with Crippen molar-refractivity contribution >= 4 is 23.6 Å². The Morgan fingerprint density at radius 3 is 2.04 bits per heavy atom. The molecule has 3 rings (SSSR count). The summed E-state index contributed by atoms with van der Waals surface area (Å²) in [7, 11) is 0. The van der Waals surface area contributed by atoms with Crippen molar-refractivity contribution in [1.82, 2.24) is 4.90 Å². The van der Waals surface area contributed by atoms with Crippen LogP contribution in [0.5, 0.6) is 0 Å². The molecular weight excluding hydrogens is 358 g/mol. The molecule has 1 aliphatic heterocycles. The van der Waals surface area contributed by atoms with Crippen molar-refractivity contribution in [1.29, 1.82) is 0 Å². The van der Waals surface area contributed by atoms with Gasteiger partial charge in [0.1, 0.15) is 6.54 Å². The standard InChI is InChI=1S/C22H27NO5/c1-22(2,3)15-10-8-14(9-11-15)18(24)13-28-19(25)12-23-20(26)16-6-4-5-7-17(16)21(23)27/h8-11,16-17H,4-7,12-13H2,1-3H3. The summed E-state index contributed by atoms with van der Waals surface area (Å²) in [6, 6.07) is 7.21. The number of hydrogen-bond donors (Lipinski definition) is 0. The highest BCUT2D eigenvalue weighted by Crippen LogP contribution is 2.37. The van der Waals surface area contributed by atoms with E-state index >= 15 is 0 Å². The molecule has 2 fully saturated rings. The molecule has 2 aliphatic rings. The molecule has 1 aromatic carbocycles. The van der Waals surface area contributed by atoms with Crippen LogP contribution in [0.3, 0.4) is 0 Å². The van der Waals surface area contributed by atoms with Crippen LogP contribution in [0.1, 0.15) is 62.4 Å². The fraction of sp³-hybridized carbons (Fsp3) is 0.545. The van der Waals surface area contributed by atoms with E-state index < -0.39 is 19.1 Å². The van der Waals surface area contributed by atoms with Gasteiger partial charge in [-0.2, -0.15) is 0 Å². The van der Waals surface area contributed by atoms with Crippen molar-refractivity contribution < 1.29 is 23.9 Å². The Morgan fingerprint density at radius 1 is 1.00 bits per heavy atom. The third-order valence-corrected chi connectivity index (χ3v) is 5.66. The molecular formula is C22H27NO5. The molecule has 6 nitrogen and oxygen atoms in total. The Kier molecular flexibility index (Phi) is 5.68. The number of rotatable bonds is 5. The Morgan fingerprint density at radius 2 is 1.54 bits per heavy atom. The first kappa shape index (κ1) is 20.2.